The Kier molecular flexibility index (Phi) is 4.93. The second kappa shape index (κ2) is 6.00. The van der Waals surface area contributed by atoms with Crippen LogP contribution in [0, 0.1) is 12.8 Å². The summed E-state index contributed by atoms with van der Waals surface area (Å²) in [5, 5.41) is 0. The molecule has 0 aliphatic rings. The zero-order valence-corrected chi connectivity index (χ0v) is 12.0. The van der Waals surface area contributed by atoms with Crippen LogP contribution in [0.1, 0.15) is 19.4 Å². The summed E-state index contributed by atoms with van der Waals surface area (Å²) in [6.45, 7) is 7.12. The van der Waals surface area contributed by atoms with Gasteiger partial charge in [-0.1, -0.05) is 13.8 Å². The molecule has 1 amide bonds. The Labute approximate surface area is 110 Å². The first-order valence-corrected chi connectivity index (χ1v) is 6.35. The van der Waals surface area contributed by atoms with E-state index in [4.69, 9.17) is 5.73 Å². The van der Waals surface area contributed by atoms with E-state index in [-0.39, 0.29) is 12.5 Å². The molecule has 0 spiro atoms. The van der Waals surface area contributed by atoms with Crippen LogP contribution >= 0.6 is 15.9 Å². The highest BCUT2D eigenvalue weighted by molar-refractivity contribution is 9.10. The van der Waals surface area contributed by atoms with Crippen LogP contribution in [0.4, 0.5) is 5.82 Å². The first-order valence-electron chi connectivity index (χ1n) is 5.56. The highest BCUT2D eigenvalue weighted by Crippen LogP contribution is 2.27. The third kappa shape index (κ3) is 4.00. The maximum absolute atomic E-state index is 11.1. The number of hydrogen-bond donors (Lipinski definition) is 1. The molecular formula is C12H18BrN3O. The average molecular weight is 300 g/mol. The van der Waals surface area contributed by atoms with Crippen LogP contribution in [-0.4, -0.2) is 24.0 Å². The first-order chi connectivity index (χ1) is 7.91. The molecule has 94 valence electrons. The zero-order chi connectivity index (χ0) is 13.0. The van der Waals surface area contributed by atoms with Gasteiger partial charge in [-0.3, -0.25) is 4.79 Å². The minimum Gasteiger partial charge on any atom is -0.368 e. The van der Waals surface area contributed by atoms with Gasteiger partial charge in [0.05, 0.1) is 11.0 Å². The van der Waals surface area contributed by atoms with Crippen LogP contribution < -0.4 is 10.6 Å². The fourth-order valence-corrected chi connectivity index (χ4v) is 2.09. The van der Waals surface area contributed by atoms with Gasteiger partial charge in [-0.25, -0.2) is 4.98 Å². The lowest BCUT2D eigenvalue weighted by molar-refractivity contribution is -0.116. The predicted octanol–water partition coefficient (Wildman–Crippen LogP) is 2.10. The fourth-order valence-electron chi connectivity index (χ4n) is 1.60. The van der Waals surface area contributed by atoms with Gasteiger partial charge in [0.25, 0.3) is 0 Å². The van der Waals surface area contributed by atoms with Crippen molar-refractivity contribution in [3.63, 3.8) is 0 Å². The molecule has 0 atom stereocenters. The van der Waals surface area contributed by atoms with Gasteiger partial charge in [0, 0.05) is 12.7 Å². The Morgan fingerprint density at radius 2 is 2.24 bits per heavy atom. The molecule has 0 saturated carbocycles. The van der Waals surface area contributed by atoms with Gasteiger partial charge in [0.15, 0.2) is 0 Å². The molecule has 1 rings (SSSR count). The Hall–Kier alpha value is -1.10. The van der Waals surface area contributed by atoms with E-state index in [1.807, 2.05) is 17.9 Å². The van der Waals surface area contributed by atoms with Gasteiger partial charge >= 0.3 is 0 Å². The standard InChI is InChI=1S/C12H18BrN3O/c1-8(2)6-16(7-10(14)17)12-11(13)9(3)4-5-15-12/h4-5,8H,6-7H2,1-3H3,(H2,14,17). The van der Waals surface area contributed by atoms with E-state index in [0.717, 1.165) is 22.4 Å². The number of nitrogens with two attached hydrogens (primary N) is 1. The van der Waals surface area contributed by atoms with Crippen LogP contribution in [-0.2, 0) is 4.79 Å². The molecule has 0 aromatic carbocycles. The first kappa shape index (κ1) is 14.0. The Balaban J connectivity index is 3.03. The lowest BCUT2D eigenvalue weighted by Crippen LogP contribution is -2.37. The second-order valence-electron chi connectivity index (χ2n) is 4.51. The summed E-state index contributed by atoms with van der Waals surface area (Å²) < 4.78 is 0.918. The quantitative estimate of drug-likeness (QED) is 0.906. The molecule has 2 N–H and O–H groups in total. The molecule has 0 fully saturated rings. The largest absolute Gasteiger partial charge is 0.368 e. The topological polar surface area (TPSA) is 59.2 Å². The molecule has 0 unspecified atom stereocenters. The van der Waals surface area contributed by atoms with Gasteiger partial charge in [0.2, 0.25) is 5.91 Å². The Bertz CT molecular complexity index is 407. The molecule has 4 nitrogen and oxygen atoms in total. The maximum atomic E-state index is 11.1. The summed E-state index contributed by atoms with van der Waals surface area (Å²) in [5.41, 5.74) is 6.36. The number of pyridine rings is 1. The third-order valence-electron chi connectivity index (χ3n) is 2.30. The monoisotopic (exact) mass is 299 g/mol. The van der Waals surface area contributed by atoms with Crippen LogP contribution in [0.2, 0.25) is 0 Å². The zero-order valence-electron chi connectivity index (χ0n) is 10.4. The van der Waals surface area contributed by atoms with Crippen molar-refractivity contribution in [2.75, 3.05) is 18.0 Å². The van der Waals surface area contributed by atoms with E-state index in [1.165, 1.54) is 0 Å². The van der Waals surface area contributed by atoms with Crippen molar-refractivity contribution in [2.24, 2.45) is 11.7 Å². The molecule has 1 aromatic rings. The highest BCUT2D eigenvalue weighted by Gasteiger charge is 2.16. The number of primary amides is 1. The van der Waals surface area contributed by atoms with E-state index in [1.54, 1.807) is 6.20 Å². The predicted molar refractivity (Wildman–Crippen MR) is 72.9 cm³/mol. The Morgan fingerprint density at radius 3 is 2.76 bits per heavy atom. The smallest absolute Gasteiger partial charge is 0.236 e. The van der Waals surface area contributed by atoms with Gasteiger partial charge in [-0.2, -0.15) is 0 Å². The van der Waals surface area contributed by atoms with Crippen LogP contribution in [0.3, 0.4) is 0 Å². The summed E-state index contributed by atoms with van der Waals surface area (Å²) in [5.74, 6) is 0.863. The molecular weight excluding hydrogens is 282 g/mol. The summed E-state index contributed by atoms with van der Waals surface area (Å²) >= 11 is 3.50. The number of carbonyl (C=O) groups is 1. The van der Waals surface area contributed by atoms with Gasteiger partial charge in [0.1, 0.15) is 5.82 Å². The van der Waals surface area contributed by atoms with E-state index in [0.29, 0.717) is 5.92 Å². The number of aryl methyl sites for hydroxylation is 1. The summed E-state index contributed by atoms with van der Waals surface area (Å²) in [6, 6.07) is 1.92. The van der Waals surface area contributed by atoms with Crippen LogP contribution in [0.25, 0.3) is 0 Å². The van der Waals surface area contributed by atoms with E-state index in [9.17, 15) is 4.79 Å². The normalized spacial score (nSPS) is 10.6. The van der Waals surface area contributed by atoms with E-state index < -0.39 is 0 Å². The molecule has 0 radical (unpaired) electrons. The van der Waals surface area contributed by atoms with Crippen molar-refractivity contribution >= 4 is 27.7 Å². The molecule has 1 heterocycles. The number of rotatable bonds is 5. The van der Waals surface area contributed by atoms with Gasteiger partial charge in [-0.05, 0) is 40.4 Å². The number of aromatic nitrogens is 1. The molecule has 0 saturated heterocycles. The number of carbonyl (C=O) groups excluding carboxylic acids is 1. The van der Waals surface area contributed by atoms with Crippen molar-refractivity contribution < 1.29 is 4.79 Å². The molecule has 0 bridgehead atoms. The molecule has 0 aliphatic carbocycles. The van der Waals surface area contributed by atoms with Crippen molar-refractivity contribution in [2.45, 2.75) is 20.8 Å². The van der Waals surface area contributed by atoms with Crippen LogP contribution in [0.15, 0.2) is 16.7 Å². The van der Waals surface area contributed by atoms with Crippen LogP contribution in [0.5, 0.6) is 0 Å². The van der Waals surface area contributed by atoms with Crippen molar-refractivity contribution in [3.05, 3.63) is 22.3 Å². The van der Waals surface area contributed by atoms with Crippen molar-refractivity contribution in [1.29, 1.82) is 0 Å². The lowest BCUT2D eigenvalue weighted by atomic mass is 10.2. The summed E-state index contributed by atoms with van der Waals surface area (Å²) in [4.78, 5) is 17.3. The minimum absolute atomic E-state index is 0.188. The fraction of sp³-hybridized carbons (Fsp3) is 0.500. The number of amides is 1. The average Bonchev–Trinajstić information content (AvgIpc) is 2.19. The van der Waals surface area contributed by atoms with E-state index in [2.05, 4.69) is 34.8 Å². The second-order valence-corrected chi connectivity index (χ2v) is 5.30. The van der Waals surface area contributed by atoms with Crippen molar-refractivity contribution in [3.8, 4) is 0 Å². The Morgan fingerprint density at radius 1 is 1.59 bits per heavy atom. The van der Waals surface area contributed by atoms with Gasteiger partial charge < -0.3 is 10.6 Å². The molecule has 5 heteroatoms. The summed E-state index contributed by atoms with van der Waals surface area (Å²) in [7, 11) is 0. The highest BCUT2D eigenvalue weighted by atomic mass is 79.9. The SMILES string of the molecule is Cc1ccnc(N(CC(N)=O)CC(C)C)c1Br. The maximum Gasteiger partial charge on any atom is 0.236 e. The summed E-state index contributed by atoms with van der Waals surface area (Å²) in [6.07, 6.45) is 1.74. The van der Waals surface area contributed by atoms with Crippen molar-refractivity contribution in [1.82, 2.24) is 4.98 Å². The number of halogens is 1. The molecule has 0 aliphatic heterocycles. The van der Waals surface area contributed by atoms with Gasteiger partial charge in [-0.15, -0.1) is 0 Å². The lowest BCUT2D eigenvalue weighted by Gasteiger charge is -2.25. The van der Waals surface area contributed by atoms with E-state index >= 15 is 0 Å². The molecule has 1 aromatic heterocycles. The number of nitrogens with zero attached hydrogens (tertiary/aromatic N) is 2. The molecule has 17 heavy (non-hydrogen) atoms. The third-order valence-corrected chi connectivity index (χ3v) is 3.28. The number of anilines is 1. The minimum atomic E-state index is -0.346. The number of hydrogen-bond acceptors (Lipinski definition) is 3.